The van der Waals surface area contributed by atoms with E-state index in [0.717, 1.165) is 0 Å². The van der Waals surface area contributed by atoms with Gasteiger partial charge < -0.3 is 4.74 Å². The zero-order valence-electron chi connectivity index (χ0n) is 12.2. The number of rotatable bonds is 4. The van der Waals surface area contributed by atoms with Crippen molar-refractivity contribution in [2.75, 3.05) is 13.1 Å². The van der Waals surface area contributed by atoms with E-state index in [1.54, 1.807) is 6.20 Å². The number of sulfonamides is 1. The quantitative estimate of drug-likeness (QED) is 0.835. The third-order valence-corrected chi connectivity index (χ3v) is 5.44. The standard InChI is InChI=1S/C15H14N4O3S/c16-9-12-1-3-14(4-2-12)23(20,21)19-8-5-13(11-19)22-15-10-17-6-7-18-15/h1-4,6-7,10,13H,5,8,11H2/t13-/m0/s1. The molecule has 1 aliphatic heterocycles. The van der Waals surface area contributed by atoms with Gasteiger partial charge in [-0.1, -0.05) is 0 Å². The summed E-state index contributed by atoms with van der Waals surface area (Å²) in [6.45, 7) is 0.645. The second-order valence-corrected chi connectivity index (χ2v) is 7.01. The molecule has 3 rings (SSSR count). The largest absolute Gasteiger partial charge is 0.472 e. The van der Waals surface area contributed by atoms with Gasteiger partial charge in [0.1, 0.15) is 6.10 Å². The van der Waals surface area contributed by atoms with Gasteiger partial charge in [0.2, 0.25) is 15.9 Å². The molecule has 1 saturated heterocycles. The predicted octanol–water partition coefficient (Wildman–Crippen LogP) is 1.19. The minimum Gasteiger partial charge on any atom is -0.472 e. The van der Waals surface area contributed by atoms with Crippen molar-refractivity contribution in [3.63, 3.8) is 0 Å². The first-order chi connectivity index (χ1) is 11.1. The minimum atomic E-state index is -3.58. The molecule has 0 aliphatic carbocycles. The molecule has 1 aromatic carbocycles. The highest BCUT2D eigenvalue weighted by molar-refractivity contribution is 7.89. The molecular formula is C15H14N4O3S. The van der Waals surface area contributed by atoms with E-state index in [0.29, 0.717) is 24.4 Å². The summed E-state index contributed by atoms with van der Waals surface area (Å²) in [4.78, 5) is 8.11. The lowest BCUT2D eigenvalue weighted by atomic mass is 10.2. The third kappa shape index (κ3) is 3.31. The van der Waals surface area contributed by atoms with E-state index >= 15 is 0 Å². The van der Waals surface area contributed by atoms with Crippen molar-refractivity contribution >= 4 is 10.0 Å². The molecule has 118 valence electrons. The van der Waals surface area contributed by atoms with Crippen molar-refractivity contribution < 1.29 is 13.2 Å². The van der Waals surface area contributed by atoms with Crippen LogP contribution in [0.15, 0.2) is 47.8 Å². The number of ether oxygens (including phenoxy) is 1. The lowest BCUT2D eigenvalue weighted by Crippen LogP contribution is -2.31. The molecule has 0 N–H and O–H groups in total. The predicted molar refractivity (Wildman–Crippen MR) is 81.0 cm³/mol. The third-order valence-electron chi connectivity index (χ3n) is 3.56. The number of aromatic nitrogens is 2. The number of nitriles is 1. The zero-order valence-corrected chi connectivity index (χ0v) is 13.0. The molecule has 0 amide bonds. The zero-order chi connectivity index (χ0) is 16.3. The van der Waals surface area contributed by atoms with Crippen LogP contribution in [0, 0.1) is 11.3 Å². The van der Waals surface area contributed by atoms with Gasteiger partial charge in [-0.25, -0.2) is 13.4 Å². The maximum atomic E-state index is 12.6. The fraction of sp³-hybridized carbons (Fsp3) is 0.267. The van der Waals surface area contributed by atoms with Crippen LogP contribution in [0.3, 0.4) is 0 Å². The Balaban J connectivity index is 1.71. The molecule has 0 radical (unpaired) electrons. The first-order valence-electron chi connectivity index (χ1n) is 7.02. The minimum absolute atomic E-state index is 0.177. The van der Waals surface area contributed by atoms with Gasteiger partial charge in [0.05, 0.1) is 29.3 Å². The van der Waals surface area contributed by atoms with E-state index in [2.05, 4.69) is 9.97 Å². The molecule has 1 atom stereocenters. The second kappa shape index (κ2) is 6.32. The summed E-state index contributed by atoms with van der Waals surface area (Å²) >= 11 is 0. The summed E-state index contributed by atoms with van der Waals surface area (Å²) in [5.41, 5.74) is 0.425. The van der Waals surface area contributed by atoms with E-state index < -0.39 is 10.0 Å². The molecular weight excluding hydrogens is 316 g/mol. The fourth-order valence-electron chi connectivity index (χ4n) is 2.38. The summed E-state index contributed by atoms with van der Waals surface area (Å²) in [5, 5.41) is 8.78. The molecule has 0 bridgehead atoms. The molecule has 7 nitrogen and oxygen atoms in total. The van der Waals surface area contributed by atoms with Crippen LogP contribution in [0.4, 0.5) is 0 Å². The van der Waals surface area contributed by atoms with Crippen LogP contribution >= 0.6 is 0 Å². The van der Waals surface area contributed by atoms with E-state index in [-0.39, 0.29) is 17.5 Å². The van der Waals surface area contributed by atoms with Gasteiger partial charge in [0, 0.05) is 18.9 Å². The normalized spacial score (nSPS) is 18.5. The molecule has 8 heteroatoms. The smallest absolute Gasteiger partial charge is 0.243 e. The molecule has 1 fully saturated rings. The molecule has 23 heavy (non-hydrogen) atoms. The summed E-state index contributed by atoms with van der Waals surface area (Å²) in [6, 6.07) is 7.86. The molecule has 0 spiro atoms. The number of hydrogen-bond donors (Lipinski definition) is 0. The van der Waals surface area contributed by atoms with E-state index in [9.17, 15) is 8.42 Å². The summed E-state index contributed by atoms with van der Waals surface area (Å²) in [6.07, 6.45) is 4.91. The number of hydrogen-bond acceptors (Lipinski definition) is 6. The van der Waals surface area contributed by atoms with Crippen LogP contribution in [0.1, 0.15) is 12.0 Å². The van der Waals surface area contributed by atoms with Gasteiger partial charge in [0.15, 0.2) is 0 Å². The summed E-state index contributed by atoms with van der Waals surface area (Å²) in [7, 11) is -3.58. The maximum Gasteiger partial charge on any atom is 0.243 e. The van der Waals surface area contributed by atoms with Crippen molar-refractivity contribution in [1.29, 1.82) is 5.26 Å². The van der Waals surface area contributed by atoms with Crippen LogP contribution in [-0.2, 0) is 10.0 Å². The van der Waals surface area contributed by atoms with Gasteiger partial charge >= 0.3 is 0 Å². The first-order valence-corrected chi connectivity index (χ1v) is 8.46. The van der Waals surface area contributed by atoms with Crippen molar-refractivity contribution in [1.82, 2.24) is 14.3 Å². The van der Waals surface area contributed by atoms with E-state index in [1.807, 2.05) is 6.07 Å². The second-order valence-electron chi connectivity index (χ2n) is 5.07. The lowest BCUT2D eigenvalue weighted by molar-refractivity contribution is 0.206. The average Bonchev–Trinajstić information content (AvgIpc) is 3.05. The summed E-state index contributed by atoms with van der Waals surface area (Å²) < 4.78 is 32.2. The Labute approximate surface area is 134 Å². The Bertz CT molecular complexity index is 816. The van der Waals surface area contributed by atoms with Gasteiger partial charge in [-0.2, -0.15) is 9.57 Å². The van der Waals surface area contributed by atoms with Crippen molar-refractivity contribution in [2.24, 2.45) is 0 Å². The number of nitrogens with zero attached hydrogens (tertiary/aromatic N) is 4. The Kier molecular flexibility index (Phi) is 4.23. The Morgan fingerprint density at radius 1 is 1.26 bits per heavy atom. The monoisotopic (exact) mass is 330 g/mol. The maximum absolute atomic E-state index is 12.6. The van der Waals surface area contributed by atoms with Crippen molar-refractivity contribution in [3.8, 4) is 11.9 Å². The topological polar surface area (TPSA) is 96.2 Å². The Morgan fingerprint density at radius 3 is 2.70 bits per heavy atom. The first kappa shape index (κ1) is 15.4. The van der Waals surface area contributed by atoms with Gasteiger partial charge in [0.25, 0.3) is 0 Å². The van der Waals surface area contributed by atoms with E-state index in [4.69, 9.17) is 10.00 Å². The highest BCUT2D eigenvalue weighted by Crippen LogP contribution is 2.23. The Hall–Kier alpha value is -2.50. The highest BCUT2D eigenvalue weighted by atomic mass is 32.2. The van der Waals surface area contributed by atoms with Crippen molar-refractivity contribution in [3.05, 3.63) is 48.4 Å². The molecule has 1 aliphatic rings. The SMILES string of the molecule is N#Cc1ccc(S(=O)(=O)N2CC[C@H](Oc3cnccn3)C2)cc1. The van der Waals surface area contributed by atoms with Gasteiger partial charge in [-0.3, -0.25) is 4.98 Å². The van der Waals surface area contributed by atoms with Gasteiger partial charge in [-0.05, 0) is 30.7 Å². The fourth-order valence-corrected chi connectivity index (χ4v) is 3.87. The van der Waals surface area contributed by atoms with Crippen LogP contribution in [0.2, 0.25) is 0 Å². The molecule has 2 heterocycles. The summed E-state index contributed by atoms with van der Waals surface area (Å²) in [5.74, 6) is 0.384. The molecule has 0 saturated carbocycles. The number of benzene rings is 1. The lowest BCUT2D eigenvalue weighted by Gasteiger charge is -2.17. The highest BCUT2D eigenvalue weighted by Gasteiger charge is 2.33. The average molecular weight is 330 g/mol. The van der Waals surface area contributed by atoms with E-state index in [1.165, 1.54) is 41.0 Å². The molecule has 0 unspecified atom stereocenters. The van der Waals surface area contributed by atoms with Crippen molar-refractivity contribution in [2.45, 2.75) is 17.4 Å². The van der Waals surface area contributed by atoms with Crippen LogP contribution in [0.5, 0.6) is 5.88 Å². The van der Waals surface area contributed by atoms with Crippen LogP contribution in [-0.4, -0.2) is 41.9 Å². The molecule has 2 aromatic rings. The Morgan fingerprint density at radius 2 is 2.04 bits per heavy atom. The van der Waals surface area contributed by atoms with Gasteiger partial charge in [-0.15, -0.1) is 0 Å². The van der Waals surface area contributed by atoms with Crippen LogP contribution in [0.25, 0.3) is 0 Å². The molecule has 1 aromatic heterocycles. The van der Waals surface area contributed by atoms with Crippen LogP contribution < -0.4 is 4.74 Å².